The molecule has 0 fully saturated rings. The number of carbonyl (C=O) groups is 1. The van der Waals surface area contributed by atoms with Crippen LogP contribution >= 0.6 is 15.9 Å². The number of halogens is 1. The van der Waals surface area contributed by atoms with Gasteiger partial charge in [-0.1, -0.05) is 24.3 Å². The monoisotopic (exact) mass is 413 g/mol. The summed E-state index contributed by atoms with van der Waals surface area (Å²) in [5, 5.41) is 0. The van der Waals surface area contributed by atoms with Crippen molar-refractivity contribution in [1.29, 1.82) is 0 Å². The van der Waals surface area contributed by atoms with E-state index in [1.54, 1.807) is 43.5 Å². The van der Waals surface area contributed by atoms with Crippen molar-refractivity contribution in [2.45, 2.75) is 11.5 Å². The van der Waals surface area contributed by atoms with Crippen molar-refractivity contribution < 1.29 is 22.7 Å². The lowest BCUT2D eigenvalue weighted by atomic mass is 10.2. The molecule has 6 nitrogen and oxygen atoms in total. The van der Waals surface area contributed by atoms with E-state index in [1.165, 1.54) is 12.1 Å². The van der Waals surface area contributed by atoms with Gasteiger partial charge in [0, 0.05) is 0 Å². The fourth-order valence-electron chi connectivity index (χ4n) is 1.85. The summed E-state index contributed by atoms with van der Waals surface area (Å²) in [5.41, 5.74) is 0.752. The number of hydrogen-bond donors (Lipinski definition) is 1. The largest absolute Gasteiger partial charge is 0.496 e. The lowest BCUT2D eigenvalue weighted by molar-refractivity contribution is -0.143. The summed E-state index contributed by atoms with van der Waals surface area (Å²) in [7, 11) is -2.17. The van der Waals surface area contributed by atoms with Gasteiger partial charge < -0.3 is 9.47 Å². The SMILES string of the molecule is COc1ccc(COC(=O)CNS(=O)(=O)c2ccccc2)cc1Br. The number of rotatable bonds is 7. The van der Waals surface area contributed by atoms with Gasteiger partial charge in [0.05, 0.1) is 16.5 Å². The first kappa shape index (κ1) is 18.4. The molecule has 0 amide bonds. The molecule has 0 aliphatic heterocycles. The molecule has 0 atom stereocenters. The van der Waals surface area contributed by atoms with Crippen LogP contribution in [0.5, 0.6) is 5.75 Å². The number of carbonyl (C=O) groups excluding carboxylic acids is 1. The predicted octanol–water partition coefficient (Wildman–Crippen LogP) is 2.48. The second-order valence-corrected chi connectivity index (χ2v) is 7.39. The zero-order valence-corrected chi connectivity index (χ0v) is 15.3. The van der Waals surface area contributed by atoms with Crippen LogP contribution in [0, 0.1) is 0 Å². The zero-order chi connectivity index (χ0) is 17.6. The fraction of sp³-hybridized carbons (Fsp3) is 0.188. The summed E-state index contributed by atoms with van der Waals surface area (Å²) < 4.78 is 37.1. The molecule has 0 spiro atoms. The molecule has 0 radical (unpaired) electrons. The van der Waals surface area contributed by atoms with Gasteiger partial charge in [0.15, 0.2) is 0 Å². The molecule has 0 unspecified atom stereocenters. The summed E-state index contributed by atoms with van der Waals surface area (Å²) in [4.78, 5) is 11.8. The molecule has 2 aromatic rings. The van der Waals surface area contributed by atoms with Crippen LogP contribution in [0.1, 0.15) is 5.56 Å². The number of sulfonamides is 1. The summed E-state index contributed by atoms with van der Waals surface area (Å²) in [6, 6.07) is 13.1. The summed E-state index contributed by atoms with van der Waals surface area (Å²) in [5.74, 6) is 0.00199. The normalized spacial score (nSPS) is 11.1. The molecule has 0 aliphatic carbocycles. The minimum Gasteiger partial charge on any atom is -0.496 e. The smallest absolute Gasteiger partial charge is 0.321 e. The Hall–Kier alpha value is -1.90. The van der Waals surface area contributed by atoms with Gasteiger partial charge in [0.2, 0.25) is 10.0 Å². The number of ether oxygens (including phenoxy) is 2. The van der Waals surface area contributed by atoms with Crippen molar-refractivity contribution in [3.8, 4) is 5.75 Å². The number of methoxy groups -OCH3 is 1. The van der Waals surface area contributed by atoms with Crippen LogP contribution in [0.25, 0.3) is 0 Å². The minimum atomic E-state index is -3.73. The van der Waals surface area contributed by atoms with E-state index in [0.29, 0.717) is 5.75 Å². The third-order valence-corrected chi connectivity index (χ3v) is 5.11. The summed E-state index contributed by atoms with van der Waals surface area (Å²) in [6.07, 6.45) is 0. The van der Waals surface area contributed by atoms with Gasteiger partial charge in [-0.05, 0) is 45.8 Å². The lowest BCUT2D eigenvalue weighted by Gasteiger charge is -2.09. The molecule has 0 aromatic heterocycles. The molecule has 2 rings (SSSR count). The van der Waals surface area contributed by atoms with E-state index in [2.05, 4.69) is 20.7 Å². The first-order chi connectivity index (χ1) is 11.4. The van der Waals surface area contributed by atoms with E-state index < -0.39 is 22.5 Å². The van der Waals surface area contributed by atoms with E-state index in [-0.39, 0.29) is 11.5 Å². The van der Waals surface area contributed by atoms with Crippen LogP contribution < -0.4 is 9.46 Å². The Morgan fingerprint density at radius 2 is 1.88 bits per heavy atom. The zero-order valence-electron chi connectivity index (χ0n) is 12.9. The number of benzene rings is 2. The predicted molar refractivity (Wildman–Crippen MR) is 92.1 cm³/mol. The Balaban J connectivity index is 1.87. The maximum Gasteiger partial charge on any atom is 0.321 e. The lowest BCUT2D eigenvalue weighted by Crippen LogP contribution is -2.30. The van der Waals surface area contributed by atoms with Gasteiger partial charge in [-0.2, -0.15) is 4.72 Å². The van der Waals surface area contributed by atoms with Gasteiger partial charge >= 0.3 is 5.97 Å². The minimum absolute atomic E-state index is 0.0362. The highest BCUT2D eigenvalue weighted by Gasteiger charge is 2.15. The van der Waals surface area contributed by atoms with E-state index in [4.69, 9.17) is 9.47 Å². The van der Waals surface area contributed by atoms with E-state index in [0.717, 1.165) is 10.0 Å². The van der Waals surface area contributed by atoms with Crippen molar-refractivity contribution in [1.82, 2.24) is 4.72 Å². The average Bonchev–Trinajstić information content (AvgIpc) is 2.59. The highest BCUT2D eigenvalue weighted by Crippen LogP contribution is 2.25. The van der Waals surface area contributed by atoms with Gasteiger partial charge in [0.1, 0.15) is 18.9 Å². The van der Waals surface area contributed by atoms with Crippen molar-refractivity contribution in [2.24, 2.45) is 0 Å². The topological polar surface area (TPSA) is 81.7 Å². The van der Waals surface area contributed by atoms with Gasteiger partial charge in [-0.25, -0.2) is 8.42 Å². The molecule has 0 saturated carbocycles. The Morgan fingerprint density at radius 3 is 2.50 bits per heavy atom. The number of esters is 1. The Kier molecular flexibility index (Phi) is 6.36. The first-order valence-electron chi connectivity index (χ1n) is 6.95. The van der Waals surface area contributed by atoms with E-state index in [9.17, 15) is 13.2 Å². The third-order valence-electron chi connectivity index (χ3n) is 3.08. The van der Waals surface area contributed by atoms with Crippen molar-refractivity contribution in [2.75, 3.05) is 13.7 Å². The maximum atomic E-state index is 12.0. The Bertz CT molecular complexity index is 808. The van der Waals surface area contributed by atoms with Crippen LogP contribution in [0.2, 0.25) is 0 Å². The van der Waals surface area contributed by atoms with Crippen LogP contribution in [0.4, 0.5) is 0 Å². The third kappa shape index (κ3) is 5.05. The highest BCUT2D eigenvalue weighted by atomic mass is 79.9. The van der Waals surface area contributed by atoms with Crippen LogP contribution in [0.15, 0.2) is 57.9 Å². The number of nitrogens with one attached hydrogen (secondary N) is 1. The van der Waals surface area contributed by atoms with Gasteiger partial charge in [-0.3, -0.25) is 4.79 Å². The van der Waals surface area contributed by atoms with Crippen LogP contribution in [-0.2, 0) is 26.2 Å². The van der Waals surface area contributed by atoms with Gasteiger partial charge in [-0.15, -0.1) is 0 Å². The highest BCUT2D eigenvalue weighted by molar-refractivity contribution is 9.10. The second kappa shape index (κ2) is 8.27. The molecule has 1 N–H and O–H groups in total. The van der Waals surface area contributed by atoms with E-state index in [1.807, 2.05) is 0 Å². The van der Waals surface area contributed by atoms with E-state index >= 15 is 0 Å². The molecule has 0 saturated heterocycles. The van der Waals surface area contributed by atoms with Crippen molar-refractivity contribution >= 4 is 31.9 Å². The standard InChI is InChI=1S/C16H16BrNO5S/c1-22-15-8-7-12(9-14(15)17)11-23-16(19)10-18-24(20,21)13-5-3-2-4-6-13/h2-9,18H,10-11H2,1H3. The maximum absolute atomic E-state index is 12.0. The molecule has 0 aliphatic rings. The molecule has 24 heavy (non-hydrogen) atoms. The molecular formula is C16H16BrNO5S. The molecule has 0 heterocycles. The van der Waals surface area contributed by atoms with Crippen molar-refractivity contribution in [3.63, 3.8) is 0 Å². The molecule has 2 aromatic carbocycles. The van der Waals surface area contributed by atoms with Crippen LogP contribution in [0.3, 0.4) is 0 Å². The molecule has 128 valence electrons. The summed E-state index contributed by atoms with van der Waals surface area (Å²) in [6.45, 7) is -0.400. The quantitative estimate of drug-likeness (QED) is 0.705. The Labute approximate surface area is 149 Å². The van der Waals surface area contributed by atoms with Gasteiger partial charge in [0.25, 0.3) is 0 Å². The Morgan fingerprint density at radius 1 is 1.17 bits per heavy atom. The average molecular weight is 414 g/mol. The van der Waals surface area contributed by atoms with Crippen molar-refractivity contribution in [3.05, 3.63) is 58.6 Å². The molecular weight excluding hydrogens is 398 g/mol. The first-order valence-corrected chi connectivity index (χ1v) is 9.23. The number of hydrogen-bond acceptors (Lipinski definition) is 5. The fourth-order valence-corrected chi connectivity index (χ4v) is 3.43. The second-order valence-electron chi connectivity index (χ2n) is 4.77. The van der Waals surface area contributed by atoms with Crippen LogP contribution in [-0.4, -0.2) is 28.0 Å². The molecule has 0 bridgehead atoms. The molecule has 8 heteroatoms. The summed E-state index contributed by atoms with van der Waals surface area (Å²) >= 11 is 3.34.